The highest BCUT2D eigenvalue weighted by Gasteiger charge is 2.66. The first-order valence-corrected chi connectivity index (χ1v) is 15.0. The average molecular weight is 651 g/mol. The molecule has 3 N–H and O–H groups in total. The van der Waals surface area contributed by atoms with Gasteiger partial charge in [-0.15, -0.1) is 0 Å². The van der Waals surface area contributed by atoms with Crippen LogP contribution in [-0.2, 0) is 12.0 Å². The van der Waals surface area contributed by atoms with Crippen LogP contribution in [0.15, 0.2) is 65.4 Å². The van der Waals surface area contributed by atoms with E-state index in [1.165, 1.54) is 12.1 Å². The Labute approximate surface area is 266 Å². The number of ether oxygens (including phenoxy) is 2. The smallest absolute Gasteiger partial charge is 0.400 e. The van der Waals surface area contributed by atoms with Crippen LogP contribution in [0.25, 0.3) is 22.0 Å². The fraction of sp³-hybridized carbons (Fsp3) is 0.303. The van der Waals surface area contributed by atoms with E-state index in [4.69, 9.17) is 14.0 Å². The van der Waals surface area contributed by atoms with Crippen LogP contribution in [-0.4, -0.2) is 41.1 Å². The monoisotopic (exact) mass is 650 g/mol. The van der Waals surface area contributed by atoms with E-state index in [-0.39, 0.29) is 30.1 Å². The Kier molecular flexibility index (Phi) is 7.44. The molecular formula is C33H30F4N6O4. The molecule has 0 spiro atoms. The Balaban J connectivity index is 1.12. The number of rotatable bonds is 10. The SMILES string of the molecule is COc1ccc(CNc2nccc3c2c(-c2ccc(NC(=O)Nc4cc(C5(C(F)(F)F)CC5)no4)c(F)c2)cn3C2CC2)c(OC)c1. The summed E-state index contributed by atoms with van der Waals surface area (Å²) >= 11 is 0. The van der Waals surface area contributed by atoms with Crippen LogP contribution in [0.2, 0.25) is 0 Å². The van der Waals surface area contributed by atoms with Crippen LogP contribution >= 0.6 is 0 Å². The second kappa shape index (κ2) is 11.5. The molecule has 0 unspecified atom stereocenters. The van der Waals surface area contributed by atoms with Gasteiger partial charge in [-0.3, -0.25) is 5.32 Å². The Hall–Kier alpha value is -5.27. The molecule has 10 nitrogen and oxygen atoms in total. The number of hydrogen-bond donors (Lipinski definition) is 3. The van der Waals surface area contributed by atoms with Crippen molar-refractivity contribution in [3.05, 3.63) is 78.0 Å². The molecule has 0 atom stereocenters. The summed E-state index contributed by atoms with van der Waals surface area (Å²) in [5.41, 5.74) is 0.689. The molecule has 2 amide bonds. The molecule has 244 valence electrons. The van der Waals surface area contributed by atoms with Gasteiger partial charge in [-0.1, -0.05) is 11.2 Å². The molecule has 5 aromatic rings. The maximum absolute atomic E-state index is 15.5. The number of methoxy groups -OCH3 is 2. The molecule has 0 bridgehead atoms. The second-order valence-corrected chi connectivity index (χ2v) is 11.7. The maximum atomic E-state index is 15.5. The van der Waals surface area contributed by atoms with Gasteiger partial charge >= 0.3 is 12.2 Å². The molecule has 3 aromatic heterocycles. The predicted molar refractivity (Wildman–Crippen MR) is 166 cm³/mol. The molecule has 0 radical (unpaired) electrons. The summed E-state index contributed by atoms with van der Waals surface area (Å²) in [5, 5.41) is 12.4. The first-order chi connectivity index (χ1) is 22.6. The number of amides is 2. The van der Waals surface area contributed by atoms with E-state index in [9.17, 15) is 18.0 Å². The molecule has 7 rings (SSSR count). The molecule has 3 heterocycles. The number of alkyl halides is 3. The summed E-state index contributed by atoms with van der Waals surface area (Å²) in [6, 6.07) is 12.4. The number of halogens is 4. The topological polar surface area (TPSA) is 115 Å². The van der Waals surface area contributed by atoms with Crippen LogP contribution in [0.4, 0.5) is 39.7 Å². The van der Waals surface area contributed by atoms with E-state index in [2.05, 4.69) is 30.7 Å². The van der Waals surface area contributed by atoms with Crippen molar-refractivity contribution < 1.29 is 36.4 Å². The number of nitrogens with one attached hydrogen (secondary N) is 3. The first kappa shape index (κ1) is 30.4. The Bertz CT molecular complexity index is 1980. The van der Waals surface area contributed by atoms with Crippen molar-refractivity contribution in [3.63, 3.8) is 0 Å². The molecule has 2 aliphatic rings. The highest BCUT2D eigenvalue weighted by molar-refractivity contribution is 6.04. The summed E-state index contributed by atoms with van der Waals surface area (Å²) < 4.78 is 73.6. The fourth-order valence-electron chi connectivity index (χ4n) is 5.81. The average Bonchev–Trinajstić information content (AvgIpc) is 3.98. The summed E-state index contributed by atoms with van der Waals surface area (Å²) in [7, 11) is 3.18. The lowest BCUT2D eigenvalue weighted by molar-refractivity contribution is -0.161. The van der Waals surface area contributed by atoms with Gasteiger partial charge in [-0.25, -0.2) is 14.2 Å². The van der Waals surface area contributed by atoms with E-state index in [1.54, 1.807) is 32.5 Å². The standard InChI is InChI=1S/C33H30F4N6O4/c1-45-21-7-3-19(26(14-21)46-2)16-39-30-29-22(17-43(20-5-6-20)25(29)9-12-38-30)18-4-8-24(23(34)13-18)40-31(44)41-28-15-27(42-47-28)32(10-11-32)33(35,36)37/h3-4,7-9,12-15,17,20H,5-6,10-11,16H2,1-2H3,(H,38,39)(H2,40,41,44). The molecule has 0 aliphatic heterocycles. The largest absolute Gasteiger partial charge is 0.497 e. The van der Waals surface area contributed by atoms with Gasteiger partial charge in [0.05, 0.1) is 25.4 Å². The third-order valence-corrected chi connectivity index (χ3v) is 8.68. The van der Waals surface area contributed by atoms with E-state index >= 15 is 4.39 Å². The van der Waals surface area contributed by atoms with Gasteiger partial charge in [-0.05, 0) is 61.6 Å². The lowest BCUT2D eigenvalue weighted by Crippen LogP contribution is -2.28. The molecule has 2 fully saturated rings. The molecule has 2 aliphatic carbocycles. The van der Waals surface area contributed by atoms with Gasteiger partial charge < -0.3 is 29.2 Å². The normalized spacial score (nSPS) is 15.4. The van der Waals surface area contributed by atoms with Gasteiger partial charge in [0.25, 0.3) is 0 Å². The molecular weight excluding hydrogens is 620 g/mol. The summed E-state index contributed by atoms with van der Waals surface area (Å²) in [6.45, 7) is 0.406. The first-order valence-electron chi connectivity index (χ1n) is 15.0. The zero-order chi connectivity index (χ0) is 32.9. The Morgan fingerprint density at radius 3 is 2.55 bits per heavy atom. The summed E-state index contributed by atoms with van der Waals surface area (Å²) in [4.78, 5) is 17.2. The van der Waals surface area contributed by atoms with Crippen molar-refractivity contribution in [2.75, 3.05) is 30.2 Å². The van der Waals surface area contributed by atoms with Crippen LogP contribution in [0.3, 0.4) is 0 Å². The fourth-order valence-corrected chi connectivity index (χ4v) is 5.81. The lowest BCUT2D eigenvalue weighted by Gasteiger charge is -2.15. The van der Waals surface area contributed by atoms with Crippen LogP contribution in [0, 0.1) is 5.82 Å². The van der Waals surface area contributed by atoms with Gasteiger partial charge in [0.1, 0.15) is 34.2 Å². The number of hydrogen-bond acceptors (Lipinski definition) is 7. The quantitative estimate of drug-likeness (QED) is 0.131. The van der Waals surface area contributed by atoms with E-state index in [0.29, 0.717) is 35.5 Å². The molecule has 2 saturated carbocycles. The van der Waals surface area contributed by atoms with Crippen LogP contribution < -0.4 is 25.4 Å². The number of carbonyl (C=O) groups excluding carboxylic acids is 1. The number of nitrogens with zero attached hydrogens (tertiary/aromatic N) is 3. The highest BCUT2D eigenvalue weighted by atomic mass is 19.4. The number of carbonyl (C=O) groups is 1. The zero-order valence-electron chi connectivity index (χ0n) is 25.4. The number of pyridine rings is 1. The molecule has 14 heteroatoms. The molecule has 2 aromatic carbocycles. The zero-order valence-corrected chi connectivity index (χ0v) is 25.4. The Morgan fingerprint density at radius 2 is 1.87 bits per heavy atom. The van der Waals surface area contributed by atoms with E-state index in [0.717, 1.165) is 40.9 Å². The van der Waals surface area contributed by atoms with Crippen LogP contribution in [0.5, 0.6) is 11.5 Å². The number of benzene rings is 2. The van der Waals surface area contributed by atoms with Crippen molar-refractivity contribution >= 4 is 34.3 Å². The molecule has 47 heavy (non-hydrogen) atoms. The number of fused-ring (bicyclic) bond motifs is 1. The maximum Gasteiger partial charge on any atom is 0.400 e. The number of urea groups is 1. The predicted octanol–water partition coefficient (Wildman–Crippen LogP) is 8.03. The highest BCUT2D eigenvalue weighted by Crippen LogP contribution is 2.58. The van der Waals surface area contributed by atoms with Crippen LogP contribution in [0.1, 0.15) is 43.0 Å². The summed E-state index contributed by atoms with van der Waals surface area (Å²) in [5.74, 6) is 0.954. The van der Waals surface area contributed by atoms with Crippen molar-refractivity contribution in [3.8, 4) is 22.6 Å². The third kappa shape index (κ3) is 5.68. The van der Waals surface area contributed by atoms with Crippen molar-refractivity contribution in [2.24, 2.45) is 0 Å². The van der Waals surface area contributed by atoms with Crippen molar-refractivity contribution in [1.29, 1.82) is 0 Å². The minimum atomic E-state index is -4.48. The van der Waals surface area contributed by atoms with Gasteiger partial charge in [0, 0.05) is 53.6 Å². The Morgan fingerprint density at radius 1 is 1.06 bits per heavy atom. The van der Waals surface area contributed by atoms with Crippen molar-refractivity contribution in [1.82, 2.24) is 14.7 Å². The number of anilines is 3. The summed E-state index contributed by atoms with van der Waals surface area (Å²) in [6.07, 6.45) is 1.12. The number of aromatic nitrogens is 3. The molecule has 0 saturated heterocycles. The minimum absolute atomic E-state index is 0.101. The minimum Gasteiger partial charge on any atom is -0.497 e. The van der Waals surface area contributed by atoms with Gasteiger partial charge in [-0.2, -0.15) is 13.2 Å². The van der Waals surface area contributed by atoms with Gasteiger partial charge in [0.2, 0.25) is 5.88 Å². The third-order valence-electron chi connectivity index (χ3n) is 8.68. The van der Waals surface area contributed by atoms with Crippen molar-refractivity contribution in [2.45, 2.75) is 49.9 Å². The van der Waals surface area contributed by atoms with Gasteiger partial charge in [0.15, 0.2) is 0 Å². The van der Waals surface area contributed by atoms with E-state index in [1.807, 2.05) is 24.4 Å². The van der Waals surface area contributed by atoms with E-state index < -0.39 is 23.4 Å². The lowest BCUT2D eigenvalue weighted by atomic mass is 10.0. The second-order valence-electron chi connectivity index (χ2n) is 11.7.